The van der Waals surface area contributed by atoms with Crippen LogP contribution in [0.3, 0.4) is 0 Å². The molecule has 0 saturated carbocycles. The third-order valence-corrected chi connectivity index (χ3v) is 2.94. The summed E-state index contributed by atoms with van der Waals surface area (Å²) in [4.78, 5) is 4.05. The normalized spacial score (nSPS) is 13.8. The zero-order valence-corrected chi connectivity index (χ0v) is 10.8. The van der Waals surface area contributed by atoms with Gasteiger partial charge in [0.25, 0.3) is 0 Å². The highest BCUT2D eigenvalue weighted by atomic mass is 35.5. The van der Waals surface area contributed by atoms with Crippen molar-refractivity contribution in [3.05, 3.63) is 22.8 Å². The molecule has 1 atom stereocenters. The van der Waals surface area contributed by atoms with Crippen molar-refractivity contribution in [2.24, 2.45) is 0 Å². The van der Waals surface area contributed by atoms with Gasteiger partial charge in [-0.05, 0) is 27.0 Å². The topological polar surface area (TPSA) is 60.2 Å². The second-order valence-corrected chi connectivity index (χ2v) is 4.59. The number of hydrogen-bond donors (Lipinski definition) is 2. The third kappa shape index (κ3) is 2.64. The van der Waals surface area contributed by atoms with Crippen LogP contribution in [0.1, 0.15) is 25.5 Å². The molecule has 16 heavy (non-hydrogen) atoms. The maximum atomic E-state index is 5.92. The molecule has 1 unspecified atom stereocenters. The predicted octanol–water partition coefficient (Wildman–Crippen LogP) is 2.00. The number of pyridine rings is 1. The zero-order chi connectivity index (χ0) is 12.3. The van der Waals surface area contributed by atoms with Crippen molar-refractivity contribution < 1.29 is 4.74 Å². The number of hydrogen-bond acceptors (Lipinski definition) is 4. The molecule has 0 aliphatic rings. The average Bonchev–Trinajstić information content (AvgIpc) is 2.24. The Morgan fingerprint density at radius 3 is 2.69 bits per heavy atom. The average molecular weight is 244 g/mol. The highest BCUT2D eigenvalue weighted by Gasteiger charge is 2.31. The molecular formula is C11H18ClN3O. The minimum absolute atomic E-state index is 0.0660. The van der Waals surface area contributed by atoms with E-state index in [1.165, 1.54) is 6.20 Å². The first kappa shape index (κ1) is 13.2. The second-order valence-electron chi connectivity index (χ2n) is 4.16. The van der Waals surface area contributed by atoms with Gasteiger partial charge >= 0.3 is 0 Å². The molecule has 0 amide bonds. The predicted molar refractivity (Wildman–Crippen MR) is 66.5 cm³/mol. The van der Waals surface area contributed by atoms with Gasteiger partial charge in [0.1, 0.15) is 5.82 Å². The second kappa shape index (κ2) is 4.99. The summed E-state index contributed by atoms with van der Waals surface area (Å²) < 4.78 is 5.45. The van der Waals surface area contributed by atoms with Crippen molar-refractivity contribution >= 4 is 17.4 Å². The summed E-state index contributed by atoms with van der Waals surface area (Å²) in [5.41, 5.74) is 6.31. The fourth-order valence-corrected chi connectivity index (χ4v) is 1.86. The highest BCUT2D eigenvalue weighted by Crippen LogP contribution is 2.31. The first-order chi connectivity index (χ1) is 7.42. The lowest BCUT2D eigenvalue weighted by atomic mass is 9.92. The molecule has 1 aromatic rings. The largest absolute Gasteiger partial charge is 0.383 e. The number of methoxy groups -OCH3 is 1. The number of rotatable bonds is 4. The summed E-state index contributed by atoms with van der Waals surface area (Å²) in [7, 11) is 3.52. The summed E-state index contributed by atoms with van der Waals surface area (Å²) in [6.45, 7) is 3.96. The van der Waals surface area contributed by atoms with Crippen LogP contribution in [0.4, 0.5) is 5.82 Å². The van der Waals surface area contributed by atoms with Crippen LogP contribution in [0.15, 0.2) is 12.3 Å². The van der Waals surface area contributed by atoms with Gasteiger partial charge in [-0.15, -0.1) is 0 Å². The molecule has 0 spiro atoms. The Hall–Kier alpha value is -0.840. The van der Waals surface area contributed by atoms with Crippen molar-refractivity contribution in [2.75, 3.05) is 19.9 Å². The Labute approximate surface area is 101 Å². The van der Waals surface area contributed by atoms with E-state index < -0.39 is 5.60 Å². The summed E-state index contributed by atoms with van der Waals surface area (Å²) in [5, 5.41) is 3.74. The molecule has 90 valence electrons. The van der Waals surface area contributed by atoms with E-state index in [2.05, 4.69) is 10.3 Å². The maximum absolute atomic E-state index is 5.92. The first-order valence-electron chi connectivity index (χ1n) is 5.05. The summed E-state index contributed by atoms with van der Waals surface area (Å²) >= 11 is 5.92. The van der Waals surface area contributed by atoms with Gasteiger partial charge in [-0.3, -0.25) is 0 Å². The molecule has 1 rings (SSSR count). The Kier molecular flexibility index (Phi) is 4.13. The van der Waals surface area contributed by atoms with Crippen molar-refractivity contribution in [3.63, 3.8) is 0 Å². The van der Waals surface area contributed by atoms with Gasteiger partial charge in [-0.1, -0.05) is 11.6 Å². The molecule has 0 radical (unpaired) electrons. The summed E-state index contributed by atoms with van der Waals surface area (Å²) in [5.74, 6) is 0.467. The molecule has 1 heterocycles. The summed E-state index contributed by atoms with van der Waals surface area (Å²) in [6, 6.07) is 1.75. The number of anilines is 1. The number of halogens is 1. The number of likely N-dealkylation sites (N-methyl/N-ethyl adjacent to an activating group) is 1. The molecule has 1 aromatic heterocycles. The number of aromatic nitrogens is 1. The van der Waals surface area contributed by atoms with E-state index in [4.69, 9.17) is 22.1 Å². The lowest BCUT2D eigenvalue weighted by Gasteiger charge is -2.33. The fraction of sp³-hybridized carbons (Fsp3) is 0.545. The first-order valence-corrected chi connectivity index (χ1v) is 5.43. The molecule has 4 nitrogen and oxygen atoms in total. The smallest absolute Gasteiger partial charge is 0.128 e. The zero-order valence-electron chi connectivity index (χ0n) is 10.0. The van der Waals surface area contributed by atoms with Crippen LogP contribution < -0.4 is 11.1 Å². The van der Waals surface area contributed by atoms with Crippen LogP contribution in [0, 0.1) is 0 Å². The van der Waals surface area contributed by atoms with Crippen molar-refractivity contribution in [1.82, 2.24) is 10.3 Å². The van der Waals surface area contributed by atoms with E-state index >= 15 is 0 Å². The van der Waals surface area contributed by atoms with Crippen LogP contribution in [-0.4, -0.2) is 24.7 Å². The lowest BCUT2D eigenvalue weighted by Crippen LogP contribution is -2.39. The fourth-order valence-electron chi connectivity index (χ4n) is 1.69. The third-order valence-electron chi connectivity index (χ3n) is 2.74. The molecule has 0 aliphatic carbocycles. The molecule has 0 fully saturated rings. The van der Waals surface area contributed by atoms with E-state index in [1.54, 1.807) is 7.11 Å². The highest BCUT2D eigenvalue weighted by molar-refractivity contribution is 6.30. The Morgan fingerprint density at radius 1 is 1.56 bits per heavy atom. The molecular weight excluding hydrogens is 226 g/mol. The van der Waals surface area contributed by atoms with E-state index in [-0.39, 0.29) is 6.04 Å². The number of ether oxygens (including phenoxy) is 1. The maximum Gasteiger partial charge on any atom is 0.128 e. The van der Waals surface area contributed by atoms with Crippen molar-refractivity contribution in [3.8, 4) is 0 Å². The Morgan fingerprint density at radius 2 is 2.19 bits per heavy atom. The number of nitrogen functional groups attached to an aromatic ring is 1. The van der Waals surface area contributed by atoms with Gasteiger partial charge in [-0.25, -0.2) is 4.98 Å². The molecule has 5 heteroatoms. The van der Waals surface area contributed by atoms with E-state index in [1.807, 2.05) is 27.0 Å². The lowest BCUT2D eigenvalue weighted by molar-refractivity contribution is -0.00886. The van der Waals surface area contributed by atoms with Crippen LogP contribution in [0.2, 0.25) is 5.02 Å². The van der Waals surface area contributed by atoms with Crippen LogP contribution in [0.5, 0.6) is 0 Å². The van der Waals surface area contributed by atoms with Crippen molar-refractivity contribution in [2.45, 2.75) is 25.5 Å². The molecule has 0 bridgehead atoms. The number of nitrogens with zero attached hydrogens (tertiary/aromatic N) is 1. The van der Waals surface area contributed by atoms with Crippen LogP contribution in [0.25, 0.3) is 0 Å². The van der Waals surface area contributed by atoms with E-state index in [0.29, 0.717) is 10.8 Å². The quantitative estimate of drug-likeness (QED) is 0.849. The standard InChI is InChI=1S/C11H18ClN3O/c1-11(2,16-4)9(14-3)8-5-7(12)6-15-10(8)13/h5-6,9,14H,1-4H3,(H2,13,15). The van der Waals surface area contributed by atoms with E-state index in [0.717, 1.165) is 5.56 Å². The van der Waals surface area contributed by atoms with Crippen molar-refractivity contribution in [1.29, 1.82) is 0 Å². The molecule has 0 aromatic carbocycles. The van der Waals surface area contributed by atoms with Gasteiger partial charge in [-0.2, -0.15) is 0 Å². The molecule has 3 N–H and O–H groups in total. The summed E-state index contributed by atoms with van der Waals surface area (Å²) in [6.07, 6.45) is 1.53. The number of nitrogens with two attached hydrogens (primary N) is 1. The van der Waals surface area contributed by atoms with Gasteiger partial charge in [0.15, 0.2) is 0 Å². The minimum atomic E-state index is -0.394. The van der Waals surface area contributed by atoms with Gasteiger partial charge < -0.3 is 15.8 Å². The van der Waals surface area contributed by atoms with Crippen LogP contribution >= 0.6 is 11.6 Å². The monoisotopic (exact) mass is 243 g/mol. The van der Waals surface area contributed by atoms with Crippen LogP contribution in [-0.2, 0) is 4.74 Å². The SMILES string of the molecule is CNC(c1cc(Cl)cnc1N)C(C)(C)OC. The van der Waals surface area contributed by atoms with Gasteiger partial charge in [0.05, 0.1) is 16.7 Å². The number of nitrogens with one attached hydrogen (secondary N) is 1. The minimum Gasteiger partial charge on any atom is -0.383 e. The molecule has 0 aliphatic heterocycles. The van der Waals surface area contributed by atoms with E-state index in [9.17, 15) is 0 Å². The van der Waals surface area contributed by atoms with Gasteiger partial charge in [0, 0.05) is 18.9 Å². The Balaban J connectivity index is 3.18. The Bertz CT molecular complexity index is 368. The van der Waals surface area contributed by atoms with Gasteiger partial charge in [0.2, 0.25) is 0 Å². The molecule has 0 saturated heterocycles.